The van der Waals surface area contributed by atoms with Crippen LogP contribution in [0.5, 0.6) is 0 Å². The number of hydrogen-bond donors (Lipinski definition) is 0. The van der Waals surface area contributed by atoms with Gasteiger partial charge in [0.25, 0.3) is 0 Å². The first kappa shape index (κ1) is 14.5. The summed E-state index contributed by atoms with van der Waals surface area (Å²) in [6.45, 7) is 6.17. The number of methoxy groups -OCH3 is 1. The third kappa shape index (κ3) is 4.36. The number of allylic oxidation sites excluding steroid dienone is 1. The van der Waals surface area contributed by atoms with Crippen molar-refractivity contribution in [3.8, 4) is 0 Å². The van der Waals surface area contributed by atoms with E-state index in [1.54, 1.807) is 6.92 Å². The van der Waals surface area contributed by atoms with E-state index >= 15 is 0 Å². The van der Waals surface area contributed by atoms with Crippen LogP contribution in [0.1, 0.15) is 44.2 Å². The summed E-state index contributed by atoms with van der Waals surface area (Å²) in [5, 5.41) is 0. The minimum absolute atomic E-state index is 0.245. The molecule has 0 atom stereocenters. The van der Waals surface area contributed by atoms with Crippen LogP contribution in [0.3, 0.4) is 0 Å². The van der Waals surface area contributed by atoms with Crippen molar-refractivity contribution in [2.24, 2.45) is 0 Å². The highest BCUT2D eigenvalue weighted by molar-refractivity contribution is 5.87. The molecule has 0 bridgehead atoms. The predicted octanol–water partition coefficient (Wildman–Crippen LogP) is 3.86. The molecule has 1 rings (SSSR count). The molecular formula is C16H22O2. The second-order valence-electron chi connectivity index (χ2n) is 4.81. The summed E-state index contributed by atoms with van der Waals surface area (Å²) in [5.74, 6) is 0.325. The van der Waals surface area contributed by atoms with Crippen molar-refractivity contribution in [2.75, 3.05) is 7.11 Å². The molecule has 2 heteroatoms. The average molecular weight is 246 g/mol. The number of carbonyl (C=O) groups excluding carboxylic acids is 1. The van der Waals surface area contributed by atoms with Crippen molar-refractivity contribution >= 4 is 5.97 Å². The topological polar surface area (TPSA) is 26.3 Å². The Bertz CT molecular complexity index is 413. The van der Waals surface area contributed by atoms with E-state index < -0.39 is 0 Å². The van der Waals surface area contributed by atoms with Gasteiger partial charge in [-0.2, -0.15) is 0 Å². The van der Waals surface area contributed by atoms with Crippen molar-refractivity contribution in [3.63, 3.8) is 0 Å². The van der Waals surface area contributed by atoms with Gasteiger partial charge in [0.1, 0.15) is 0 Å². The smallest absolute Gasteiger partial charge is 0.333 e. The summed E-state index contributed by atoms with van der Waals surface area (Å²) in [7, 11) is 1.41. The number of benzene rings is 1. The third-order valence-corrected chi connectivity index (χ3v) is 3.04. The molecule has 0 unspecified atom stereocenters. The lowest BCUT2D eigenvalue weighted by atomic mass is 10.00. The van der Waals surface area contributed by atoms with E-state index in [4.69, 9.17) is 0 Å². The Morgan fingerprint density at radius 1 is 1.28 bits per heavy atom. The van der Waals surface area contributed by atoms with Crippen LogP contribution in [-0.2, 0) is 16.0 Å². The summed E-state index contributed by atoms with van der Waals surface area (Å²) in [6.07, 6.45) is 3.75. The van der Waals surface area contributed by atoms with Crippen LogP contribution in [-0.4, -0.2) is 13.1 Å². The zero-order valence-corrected chi connectivity index (χ0v) is 11.7. The molecule has 0 aliphatic heterocycles. The largest absolute Gasteiger partial charge is 0.466 e. The molecular weight excluding hydrogens is 224 g/mol. The van der Waals surface area contributed by atoms with Gasteiger partial charge in [0, 0.05) is 5.57 Å². The molecule has 0 N–H and O–H groups in total. The van der Waals surface area contributed by atoms with Crippen molar-refractivity contribution in [2.45, 2.75) is 39.5 Å². The Hall–Kier alpha value is -1.57. The molecule has 0 aromatic heterocycles. The van der Waals surface area contributed by atoms with Gasteiger partial charge in [-0.25, -0.2) is 4.79 Å². The molecule has 0 spiro atoms. The number of ether oxygens (including phenoxy) is 1. The zero-order chi connectivity index (χ0) is 13.5. The average Bonchev–Trinajstić information content (AvgIpc) is 2.38. The number of rotatable bonds is 5. The molecule has 98 valence electrons. The maximum Gasteiger partial charge on any atom is 0.333 e. The number of esters is 1. The SMILES string of the molecule is COC(=O)C(C)=CCCc1ccc(C(C)C)cc1. The van der Waals surface area contributed by atoms with Gasteiger partial charge in [-0.05, 0) is 36.8 Å². The molecule has 1 aromatic carbocycles. The molecule has 0 radical (unpaired) electrons. The van der Waals surface area contributed by atoms with Gasteiger partial charge >= 0.3 is 5.97 Å². The van der Waals surface area contributed by atoms with E-state index in [9.17, 15) is 4.79 Å². The van der Waals surface area contributed by atoms with Gasteiger partial charge in [-0.1, -0.05) is 44.2 Å². The van der Waals surface area contributed by atoms with E-state index in [2.05, 4.69) is 42.8 Å². The lowest BCUT2D eigenvalue weighted by Gasteiger charge is -2.06. The molecule has 0 aliphatic carbocycles. The van der Waals surface area contributed by atoms with Gasteiger partial charge in [-0.3, -0.25) is 0 Å². The summed E-state index contributed by atoms with van der Waals surface area (Å²) in [5.41, 5.74) is 3.34. The van der Waals surface area contributed by atoms with Crippen molar-refractivity contribution < 1.29 is 9.53 Å². The lowest BCUT2D eigenvalue weighted by molar-refractivity contribution is -0.136. The molecule has 0 amide bonds. The molecule has 0 saturated heterocycles. The summed E-state index contributed by atoms with van der Waals surface area (Å²) < 4.78 is 4.65. The minimum Gasteiger partial charge on any atom is -0.466 e. The van der Waals surface area contributed by atoms with Crippen LogP contribution in [0.4, 0.5) is 0 Å². The van der Waals surface area contributed by atoms with Crippen molar-refractivity contribution in [3.05, 3.63) is 47.0 Å². The highest BCUT2D eigenvalue weighted by Crippen LogP contribution is 2.15. The third-order valence-electron chi connectivity index (χ3n) is 3.04. The maximum atomic E-state index is 11.2. The van der Waals surface area contributed by atoms with Gasteiger partial charge in [0.05, 0.1) is 7.11 Å². The summed E-state index contributed by atoms with van der Waals surface area (Å²) >= 11 is 0. The highest BCUT2D eigenvalue weighted by atomic mass is 16.5. The predicted molar refractivity (Wildman–Crippen MR) is 74.6 cm³/mol. The maximum absolute atomic E-state index is 11.2. The highest BCUT2D eigenvalue weighted by Gasteiger charge is 2.02. The fraction of sp³-hybridized carbons (Fsp3) is 0.438. The lowest BCUT2D eigenvalue weighted by Crippen LogP contribution is -2.01. The summed E-state index contributed by atoms with van der Waals surface area (Å²) in [4.78, 5) is 11.2. The Kier molecular flexibility index (Phi) is 5.63. The number of carbonyl (C=O) groups is 1. The quantitative estimate of drug-likeness (QED) is 0.582. The minimum atomic E-state index is -0.245. The van der Waals surface area contributed by atoms with Crippen molar-refractivity contribution in [1.29, 1.82) is 0 Å². The van der Waals surface area contributed by atoms with Crippen LogP contribution < -0.4 is 0 Å². The van der Waals surface area contributed by atoms with E-state index in [1.807, 2.05) is 6.08 Å². The molecule has 2 nitrogen and oxygen atoms in total. The summed E-state index contributed by atoms with van der Waals surface area (Å²) in [6, 6.07) is 8.68. The first-order chi connectivity index (χ1) is 8.54. The monoisotopic (exact) mass is 246 g/mol. The standard InChI is InChI=1S/C16H22O2/c1-12(2)15-10-8-14(9-11-15)7-5-6-13(3)16(17)18-4/h6,8-12H,5,7H2,1-4H3. The fourth-order valence-electron chi connectivity index (χ4n) is 1.77. The van der Waals surface area contributed by atoms with Crippen LogP contribution >= 0.6 is 0 Å². The van der Waals surface area contributed by atoms with Gasteiger partial charge in [-0.15, -0.1) is 0 Å². The van der Waals surface area contributed by atoms with E-state index in [0.29, 0.717) is 11.5 Å². The second kappa shape index (κ2) is 7.00. The molecule has 0 aliphatic rings. The van der Waals surface area contributed by atoms with Crippen LogP contribution in [0.25, 0.3) is 0 Å². The first-order valence-corrected chi connectivity index (χ1v) is 6.38. The van der Waals surface area contributed by atoms with Gasteiger partial charge < -0.3 is 4.74 Å². The molecule has 0 heterocycles. The Labute approximate surface area is 110 Å². The second-order valence-corrected chi connectivity index (χ2v) is 4.81. The molecule has 18 heavy (non-hydrogen) atoms. The molecule has 0 fully saturated rings. The van der Waals surface area contributed by atoms with Crippen molar-refractivity contribution in [1.82, 2.24) is 0 Å². The first-order valence-electron chi connectivity index (χ1n) is 6.38. The van der Waals surface area contributed by atoms with Crippen LogP contribution in [0, 0.1) is 0 Å². The van der Waals surface area contributed by atoms with Gasteiger partial charge in [0.2, 0.25) is 0 Å². The Morgan fingerprint density at radius 2 is 1.89 bits per heavy atom. The number of hydrogen-bond acceptors (Lipinski definition) is 2. The molecule has 0 saturated carbocycles. The van der Waals surface area contributed by atoms with Crippen LogP contribution in [0.15, 0.2) is 35.9 Å². The van der Waals surface area contributed by atoms with E-state index in [0.717, 1.165) is 12.8 Å². The van der Waals surface area contributed by atoms with Gasteiger partial charge in [0.15, 0.2) is 0 Å². The van der Waals surface area contributed by atoms with E-state index in [1.165, 1.54) is 18.2 Å². The van der Waals surface area contributed by atoms with E-state index in [-0.39, 0.29) is 5.97 Å². The number of aryl methyl sites for hydroxylation is 1. The molecule has 1 aromatic rings. The Morgan fingerprint density at radius 3 is 2.39 bits per heavy atom. The normalized spacial score (nSPS) is 11.7. The fourth-order valence-corrected chi connectivity index (χ4v) is 1.77. The Balaban J connectivity index is 2.51. The zero-order valence-electron chi connectivity index (χ0n) is 11.7. The van der Waals surface area contributed by atoms with Crippen LogP contribution in [0.2, 0.25) is 0 Å².